The maximum atomic E-state index is 12.8. The van der Waals surface area contributed by atoms with Gasteiger partial charge in [-0.25, -0.2) is 0 Å². The van der Waals surface area contributed by atoms with Gasteiger partial charge >= 0.3 is 6.36 Å². The lowest BCUT2D eigenvalue weighted by atomic mass is 10.1. The molecule has 0 unspecified atom stereocenters. The minimum atomic E-state index is -4.75. The standard InChI is InChI=1S/C21H20F3N3O3/c1-26-13-15-6-5-14(11-19(15)25-26)20(28)27-9-7-16(8-10-27)29-17-3-2-4-18(12-17)30-21(22,23)24/h2-6,11-13,16H,7-10H2,1H3. The fourth-order valence-corrected chi connectivity index (χ4v) is 3.57. The topological polar surface area (TPSA) is 56.6 Å². The Morgan fingerprint density at radius 3 is 2.57 bits per heavy atom. The summed E-state index contributed by atoms with van der Waals surface area (Å²) in [6, 6.07) is 10.9. The van der Waals surface area contributed by atoms with Gasteiger partial charge in [-0.05, 0) is 24.3 Å². The summed E-state index contributed by atoms with van der Waals surface area (Å²) in [5.74, 6) is -0.0822. The molecule has 2 aromatic carbocycles. The predicted octanol–water partition coefficient (Wildman–Crippen LogP) is 4.16. The summed E-state index contributed by atoms with van der Waals surface area (Å²) in [4.78, 5) is 14.6. The van der Waals surface area contributed by atoms with Crippen molar-refractivity contribution in [2.45, 2.75) is 25.3 Å². The van der Waals surface area contributed by atoms with E-state index in [-0.39, 0.29) is 17.8 Å². The van der Waals surface area contributed by atoms with Gasteiger partial charge in [0, 0.05) is 56.2 Å². The Hall–Kier alpha value is -3.23. The minimum absolute atomic E-state index is 0.0680. The number of aromatic nitrogens is 2. The molecule has 1 amide bonds. The molecule has 0 aliphatic carbocycles. The monoisotopic (exact) mass is 419 g/mol. The van der Waals surface area contributed by atoms with E-state index in [1.54, 1.807) is 27.8 Å². The summed E-state index contributed by atoms with van der Waals surface area (Å²) in [5, 5.41) is 5.31. The number of fused-ring (bicyclic) bond motifs is 1. The summed E-state index contributed by atoms with van der Waals surface area (Å²) >= 11 is 0. The van der Waals surface area contributed by atoms with E-state index in [0.29, 0.717) is 37.2 Å². The van der Waals surface area contributed by atoms with Crippen LogP contribution in [0.3, 0.4) is 0 Å². The summed E-state index contributed by atoms with van der Waals surface area (Å²) in [6.07, 6.45) is -1.87. The van der Waals surface area contributed by atoms with Crippen molar-refractivity contribution in [3.05, 3.63) is 54.2 Å². The molecule has 9 heteroatoms. The van der Waals surface area contributed by atoms with E-state index in [0.717, 1.165) is 10.9 Å². The molecule has 0 radical (unpaired) electrons. The first-order chi connectivity index (χ1) is 14.3. The van der Waals surface area contributed by atoms with Gasteiger partial charge in [0.1, 0.15) is 17.6 Å². The third-order valence-electron chi connectivity index (χ3n) is 4.94. The Kier molecular flexibility index (Phi) is 5.27. The molecule has 0 bridgehead atoms. The van der Waals surface area contributed by atoms with E-state index in [9.17, 15) is 18.0 Å². The Balaban J connectivity index is 1.35. The smallest absolute Gasteiger partial charge is 0.490 e. The van der Waals surface area contributed by atoms with Crippen LogP contribution in [0.5, 0.6) is 11.5 Å². The third-order valence-corrected chi connectivity index (χ3v) is 4.94. The SMILES string of the molecule is Cn1cc2ccc(C(=O)N3CCC(Oc4cccc(OC(F)(F)F)c4)CC3)cc2n1. The Morgan fingerprint density at radius 2 is 1.83 bits per heavy atom. The highest BCUT2D eigenvalue weighted by Gasteiger charge is 2.31. The number of rotatable bonds is 4. The van der Waals surface area contributed by atoms with Gasteiger partial charge in [-0.2, -0.15) is 5.10 Å². The number of nitrogens with zero attached hydrogens (tertiary/aromatic N) is 3. The molecule has 0 N–H and O–H groups in total. The summed E-state index contributed by atoms with van der Waals surface area (Å²) in [6.45, 7) is 1.00. The Morgan fingerprint density at radius 1 is 1.10 bits per heavy atom. The second kappa shape index (κ2) is 7.89. The second-order valence-electron chi connectivity index (χ2n) is 7.21. The average molecular weight is 419 g/mol. The van der Waals surface area contributed by atoms with Gasteiger partial charge in [-0.3, -0.25) is 9.48 Å². The number of benzene rings is 2. The molecule has 4 rings (SSSR count). The van der Waals surface area contributed by atoms with Gasteiger partial charge in [0.05, 0.1) is 5.52 Å². The van der Waals surface area contributed by atoms with Gasteiger partial charge in [0.2, 0.25) is 0 Å². The van der Waals surface area contributed by atoms with Gasteiger partial charge in [-0.15, -0.1) is 13.2 Å². The van der Waals surface area contributed by atoms with Crippen molar-refractivity contribution >= 4 is 16.8 Å². The maximum Gasteiger partial charge on any atom is 0.573 e. The molecule has 158 valence electrons. The normalized spacial score (nSPS) is 15.4. The highest BCUT2D eigenvalue weighted by molar-refractivity contribution is 5.97. The highest BCUT2D eigenvalue weighted by Crippen LogP contribution is 2.28. The number of amides is 1. The zero-order valence-corrected chi connectivity index (χ0v) is 16.2. The molecule has 2 heterocycles. The fraction of sp³-hybridized carbons (Fsp3) is 0.333. The Labute approximate surface area is 170 Å². The zero-order valence-electron chi connectivity index (χ0n) is 16.2. The largest absolute Gasteiger partial charge is 0.573 e. The van der Waals surface area contributed by atoms with Gasteiger partial charge < -0.3 is 14.4 Å². The molecule has 6 nitrogen and oxygen atoms in total. The predicted molar refractivity (Wildman–Crippen MR) is 103 cm³/mol. The van der Waals surface area contributed by atoms with E-state index < -0.39 is 6.36 Å². The van der Waals surface area contributed by atoms with Crippen LogP contribution in [-0.4, -0.2) is 46.1 Å². The lowest BCUT2D eigenvalue weighted by Gasteiger charge is -2.32. The van der Waals surface area contributed by atoms with Crippen LogP contribution in [0.2, 0.25) is 0 Å². The molecular weight excluding hydrogens is 399 g/mol. The van der Waals surface area contributed by atoms with Crippen molar-refractivity contribution in [3.8, 4) is 11.5 Å². The number of piperidine rings is 1. The van der Waals surface area contributed by atoms with Crippen LogP contribution in [0.25, 0.3) is 10.9 Å². The van der Waals surface area contributed by atoms with Gasteiger partial charge in [0.15, 0.2) is 0 Å². The fourth-order valence-electron chi connectivity index (χ4n) is 3.57. The molecule has 1 aromatic heterocycles. The Bertz CT molecular complexity index is 1060. The first-order valence-corrected chi connectivity index (χ1v) is 9.52. The van der Waals surface area contributed by atoms with Crippen molar-refractivity contribution in [1.29, 1.82) is 0 Å². The number of carbonyl (C=O) groups is 1. The molecule has 0 saturated carbocycles. The molecule has 0 spiro atoms. The van der Waals surface area contributed by atoms with Crippen LogP contribution in [0.15, 0.2) is 48.7 Å². The zero-order chi connectivity index (χ0) is 21.3. The second-order valence-corrected chi connectivity index (χ2v) is 7.21. The van der Waals surface area contributed by atoms with E-state index in [2.05, 4.69) is 9.84 Å². The number of likely N-dealkylation sites (tertiary alicyclic amines) is 1. The molecule has 1 aliphatic rings. The van der Waals surface area contributed by atoms with Crippen LogP contribution in [0, 0.1) is 0 Å². The number of halogens is 3. The average Bonchev–Trinajstić information content (AvgIpc) is 3.06. The summed E-state index contributed by atoms with van der Waals surface area (Å²) in [5.41, 5.74) is 1.35. The van der Waals surface area contributed by atoms with E-state index in [1.165, 1.54) is 18.2 Å². The lowest BCUT2D eigenvalue weighted by molar-refractivity contribution is -0.274. The number of aryl methyl sites for hydroxylation is 1. The minimum Gasteiger partial charge on any atom is -0.490 e. The lowest BCUT2D eigenvalue weighted by Crippen LogP contribution is -2.41. The molecule has 3 aromatic rings. The van der Waals surface area contributed by atoms with Gasteiger partial charge in [-0.1, -0.05) is 12.1 Å². The maximum absolute atomic E-state index is 12.8. The number of hydrogen-bond donors (Lipinski definition) is 0. The van der Waals surface area contributed by atoms with Crippen LogP contribution in [0.1, 0.15) is 23.2 Å². The van der Waals surface area contributed by atoms with E-state index >= 15 is 0 Å². The number of hydrogen-bond acceptors (Lipinski definition) is 4. The molecular formula is C21H20F3N3O3. The van der Waals surface area contributed by atoms with Gasteiger partial charge in [0.25, 0.3) is 5.91 Å². The van der Waals surface area contributed by atoms with Crippen molar-refractivity contribution in [1.82, 2.24) is 14.7 Å². The first kappa shape index (κ1) is 20.1. The van der Waals surface area contributed by atoms with Crippen LogP contribution in [0.4, 0.5) is 13.2 Å². The highest BCUT2D eigenvalue weighted by atomic mass is 19.4. The first-order valence-electron chi connectivity index (χ1n) is 9.52. The third kappa shape index (κ3) is 4.67. The summed E-state index contributed by atoms with van der Waals surface area (Å²) < 4.78 is 48.5. The molecule has 0 atom stereocenters. The summed E-state index contributed by atoms with van der Waals surface area (Å²) in [7, 11) is 1.83. The van der Waals surface area contributed by atoms with Crippen molar-refractivity contribution in [2.75, 3.05) is 13.1 Å². The van der Waals surface area contributed by atoms with Crippen LogP contribution in [-0.2, 0) is 7.05 Å². The van der Waals surface area contributed by atoms with E-state index in [1.807, 2.05) is 19.3 Å². The number of carbonyl (C=O) groups excluding carboxylic acids is 1. The van der Waals surface area contributed by atoms with Crippen molar-refractivity contribution < 1.29 is 27.4 Å². The molecule has 1 saturated heterocycles. The van der Waals surface area contributed by atoms with Crippen molar-refractivity contribution in [3.63, 3.8) is 0 Å². The quantitative estimate of drug-likeness (QED) is 0.638. The number of ether oxygens (including phenoxy) is 2. The molecule has 1 aliphatic heterocycles. The van der Waals surface area contributed by atoms with Crippen LogP contribution < -0.4 is 9.47 Å². The van der Waals surface area contributed by atoms with Crippen molar-refractivity contribution in [2.24, 2.45) is 7.05 Å². The molecule has 30 heavy (non-hydrogen) atoms. The molecule has 1 fully saturated rings. The number of alkyl halides is 3. The van der Waals surface area contributed by atoms with E-state index in [4.69, 9.17) is 4.74 Å². The van der Waals surface area contributed by atoms with Crippen LogP contribution >= 0.6 is 0 Å².